The molecule has 2 rings (SSSR count). The Hall–Kier alpha value is -0.690. The van der Waals surface area contributed by atoms with Gasteiger partial charge in [-0.05, 0) is 26.7 Å². The number of piperidine rings is 1. The van der Waals surface area contributed by atoms with Crippen LogP contribution in [0.4, 0.5) is 0 Å². The van der Waals surface area contributed by atoms with Crippen LogP contribution in [0.3, 0.4) is 0 Å². The molecule has 128 valence electrons. The molecule has 2 aliphatic rings. The van der Waals surface area contributed by atoms with Gasteiger partial charge in [0, 0.05) is 59.0 Å². The molecule has 1 amide bonds. The molecule has 2 aliphatic heterocycles. The van der Waals surface area contributed by atoms with E-state index in [1.54, 1.807) is 7.11 Å². The number of rotatable bonds is 5. The van der Waals surface area contributed by atoms with E-state index in [2.05, 4.69) is 9.80 Å². The number of methoxy groups -OCH3 is 1. The molecule has 0 bridgehead atoms. The van der Waals surface area contributed by atoms with Crippen molar-refractivity contribution >= 4 is 5.91 Å². The third kappa shape index (κ3) is 4.19. The number of β-amino-alcohol motifs (C(OH)–C–C–N with tert-alkyl or cyclic N) is 1. The number of aliphatic hydroxyl groups excluding tert-OH is 1. The topological polar surface area (TPSA) is 56.2 Å². The van der Waals surface area contributed by atoms with Gasteiger partial charge in [0.25, 0.3) is 5.91 Å². The van der Waals surface area contributed by atoms with Crippen molar-refractivity contribution in [1.82, 2.24) is 14.7 Å². The number of nitrogens with zero attached hydrogens (tertiary/aromatic N) is 3. The average molecular weight is 313 g/mol. The molecular weight excluding hydrogens is 282 g/mol. The third-order valence-corrected chi connectivity index (χ3v) is 5.12. The van der Waals surface area contributed by atoms with Crippen LogP contribution < -0.4 is 0 Å². The lowest BCUT2D eigenvalue weighted by Crippen LogP contribution is -2.55. The Labute approximate surface area is 134 Å². The zero-order valence-electron chi connectivity index (χ0n) is 14.3. The van der Waals surface area contributed by atoms with E-state index in [0.717, 1.165) is 58.7 Å². The van der Waals surface area contributed by atoms with E-state index in [4.69, 9.17) is 9.84 Å². The van der Waals surface area contributed by atoms with Crippen molar-refractivity contribution < 1.29 is 14.6 Å². The first kappa shape index (κ1) is 17.7. The molecule has 6 heteroatoms. The number of likely N-dealkylation sites (tertiary alicyclic amines) is 1. The Morgan fingerprint density at radius 1 is 1.14 bits per heavy atom. The Morgan fingerprint density at radius 3 is 2.23 bits per heavy atom. The number of hydrogen-bond donors (Lipinski definition) is 1. The van der Waals surface area contributed by atoms with Gasteiger partial charge < -0.3 is 14.7 Å². The fraction of sp³-hybridized carbons (Fsp3) is 0.938. The first-order valence-corrected chi connectivity index (χ1v) is 8.39. The minimum Gasteiger partial charge on any atom is -0.395 e. The zero-order valence-corrected chi connectivity index (χ0v) is 14.3. The first-order chi connectivity index (χ1) is 10.5. The number of amides is 1. The average Bonchev–Trinajstić information content (AvgIpc) is 2.55. The van der Waals surface area contributed by atoms with Crippen LogP contribution >= 0.6 is 0 Å². The van der Waals surface area contributed by atoms with Crippen LogP contribution in [0, 0.1) is 0 Å². The Balaban J connectivity index is 1.77. The Kier molecular flexibility index (Phi) is 6.20. The second-order valence-electron chi connectivity index (χ2n) is 6.84. The molecule has 22 heavy (non-hydrogen) atoms. The third-order valence-electron chi connectivity index (χ3n) is 5.12. The second-order valence-corrected chi connectivity index (χ2v) is 6.84. The van der Waals surface area contributed by atoms with E-state index < -0.39 is 5.60 Å². The fourth-order valence-electron chi connectivity index (χ4n) is 3.40. The predicted octanol–water partition coefficient (Wildman–Crippen LogP) is 0.0123. The number of ether oxygens (including phenoxy) is 1. The second kappa shape index (κ2) is 7.73. The number of hydrogen-bond acceptors (Lipinski definition) is 5. The monoisotopic (exact) mass is 313 g/mol. The standard InChI is InChI=1S/C16H31N3O3/c1-16(2,22-3)15(21)19-6-4-14(5-7-19)18-10-8-17(9-11-18)12-13-20/h14,20H,4-13H2,1-3H3. The minimum atomic E-state index is -0.719. The van der Waals surface area contributed by atoms with E-state index in [1.165, 1.54) is 0 Å². The molecular formula is C16H31N3O3. The maximum Gasteiger partial charge on any atom is 0.254 e. The summed E-state index contributed by atoms with van der Waals surface area (Å²) in [5, 5.41) is 9.00. The summed E-state index contributed by atoms with van der Waals surface area (Å²) in [4.78, 5) is 19.2. The zero-order chi connectivity index (χ0) is 16.2. The van der Waals surface area contributed by atoms with Crippen molar-refractivity contribution in [3.63, 3.8) is 0 Å². The van der Waals surface area contributed by atoms with Gasteiger partial charge in [0.15, 0.2) is 0 Å². The van der Waals surface area contributed by atoms with Crippen molar-refractivity contribution in [2.24, 2.45) is 0 Å². The van der Waals surface area contributed by atoms with Gasteiger partial charge in [0.05, 0.1) is 6.61 Å². The van der Waals surface area contributed by atoms with E-state index in [1.807, 2.05) is 18.7 Å². The molecule has 0 atom stereocenters. The van der Waals surface area contributed by atoms with E-state index in [0.29, 0.717) is 6.04 Å². The summed E-state index contributed by atoms with van der Waals surface area (Å²) in [6, 6.07) is 0.589. The molecule has 0 aromatic rings. The first-order valence-electron chi connectivity index (χ1n) is 8.39. The predicted molar refractivity (Wildman–Crippen MR) is 85.8 cm³/mol. The van der Waals surface area contributed by atoms with E-state index in [9.17, 15) is 4.79 Å². The van der Waals surface area contributed by atoms with Crippen molar-refractivity contribution in [3.05, 3.63) is 0 Å². The summed E-state index contributed by atoms with van der Waals surface area (Å²) in [5.74, 6) is 0.0983. The summed E-state index contributed by atoms with van der Waals surface area (Å²) in [6.45, 7) is 10.6. The lowest BCUT2D eigenvalue weighted by molar-refractivity contribution is -0.152. The highest BCUT2D eigenvalue weighted by Gasteiger charge is 2.35. The number of carbonyl (C=O) groups is 1. The van der Waals surface area contributed by atoms with Gasteiger partial charge in [0.1, 0.15) is 5.60 Å². The molecule has 0 saturated carbocycles. The highest BCUT2D eigenvalue weighted by Crippen LogP contribution is 2.21. The van der Waals surface area contributed by atoms with Crippen molar-refractivity contribution in [2.45, 2.75) is 38.3 Å². The van der Waals surface area contributed by atoms with Crippen molar-refractivity contribution in [3.8, 4) is 0 Å². The van der Waals surface area contributed by atoms with Crippen LogP contribution in [0.15, 0.2) is 0 Å². The smallest absolute Gasteiger partial charge is 0.254 e. The lowest BCUT2D eigenvalue weighted by atomic mass is 9.99. The molecule has 2 fully saturated rings. The molecule has 2 heterocycles. The normalized spacial score (nSPS) is 23.0. The van der Waals surface area contributed by atoms with Crippen molar-refractivity contribution in [1.29, 1.82) is 0 Å². The molecule has 0 aromatic carbocycles. The Morgan fingerprint density at radius 2 is 1.73 bits per heavy atom. The van der Waals surface area contributed by atoms with Gasteiger partial charge in [-0.3, -0.25) is 14.6 Å². The largest absolute Gasteiger partial charge is 0.395 e. The maximum absolute atomic E-state index is 12.4. The quantitative estimate of drug-likeness (QED) is 0.775. The number of aliphatic hydroxyl groups is 1. The van der Waals surface area contributed by atoms with Gasteiger partial charge in [-0.15, -0.1) is 0 Å². The SMILES string of the molecule is COC(C)(C)C(=O)N1CCC(N2CCN(CCO)CC2)CC1. The van der Waals surface area contributed by atoms with E-state index >= 15 is 0 Å². The summed E-state index contributed by atoms with van der Waals surface area (Å²) in [7, 11) is 1.59. The summed E-state index contributed by atoms with van der Waals surface area (Å²) >= 11 is 0. The van der Waals surface area contributed by atoms with Gasteiger partial charge in [0.2, 0.25) is 0 Å². The molecule has 0 aliphatic carbocycles. The van der Waals surface area contributed by atoms with Crippen LogP contribution in [-0.4, -0.2) is 96.9 Å². The fourth-order valence-corrected chi connectivity index (χ4v) is 3.40. The van der Waals surface area contributed by atoms with Crippen LogP contribution in [-0.2, 0) is 9.53 Å². The summed E-state index contributed by atoms with van der Waals surface area (Å²) in [5.41, 5.74) is -0.719. The van der Waals surface area contributed by atoms with Crippen LogP contribution in [0.5, 0.6) is 0 Å². The summed E-state index contributed by atoms with van der Waals surface area (Å²) in [6.07, 6.45) is 2.09. The number of piperazine rings is 1. The molecule has 0 aromatic heterocycles. The molecule has 1 N–H and O–H groups in total. The van der Waals surface area contributed by atoms with Crippen LogP contribution in [0.2, 0.25) is 0 Å². The maximum atomic E-state index is 12.4. The van der Waals surface area contributed by atoms with Crippen molar-refractivity contribution in [2.75, 3.05) is 59.5 Å². The molecule has 2 saturated heterocycles. The summed E-state index contributed by atoms with van der Waals surface area (Å²) < 4.78 is 5.30. The van der Waals surface area contributed by atoms with Gasteiger partial charge >= 0.3 is 0 Å². The van der Waals surface area contributed by atoms with Crippen LogP contribution in [0.25, 0.3) is 0 Å². The van der Waals surface area contributed by atoms with Gasteiger partial charge in [-0.2, -0.15) is 0 Å². The van der Waals surface area contributed by atoms with Gasteiger partial charge in [-0.1, -0.05) is 0 Å². The van der Waals surface area contributed by atoms with E-state index in [-0.39, 0.29) is 12.5 Å². The Bertz CT molecular complexity index is 360. The molecule has 0 unspecified atom stereocenters. The molecule has 0 spiro atoms. The van der Waals surface area contributed by atoms with Crippen LogP contribution in [0.1, 0.15) is 26.7 Å². The highest BCUT2D eigenvalue weighted by molar-refractivity contribution is 5.84. The molecule has 0 radical (unpaired) electrons. The van der Waals surface area contributed by atoms with Gasteiger partial charge in [-0.25, -0.2) is 0 Å². The minimum absolute atomic E-state index is 0.0983. The highest BCUT2D eigenvalue weighted by atomic mass is 16.5. The lowest BCUT2D eigenvalue weighted by Gasteiger charge is -2.43. The molecule has 6 nitrogen and oxygen atoms in total. The number of carbonyl (C=O) groups excluding carboxylic acids is 1.